The van der Waals surface area contributed by atoms with E-state index in [4.69, 9.17) is 4.74 Å². The molecule has 86 valence electrons. The van der Waals surface area contributed by atoms with Gasteiger partial charge in [-0.25, -0.2) is 0 Å². The molecule has 0 aliphatic heterocycles. The van der Waals surface area contributed by atoms with Crippen LogP contribution in [0.3, 0.4) is 0 Å². The maximum Gasteiger partial charge on any atom is 0.305 e. The first-order valence-electron chi connectivity index (χ1n) is 5.60. The molecule has 0 aromatic carbocycles. The SMILES string of the molecule is CC/C=C(C)/C=C/C(C)COC(=O)CC. The molecular weight excluding hydrogens is 188 g/mol. The molecule has 0 heterocycles. The zero-order valence-corrected chi connectivity index (χ0v) is 10.2. The van der Waals surface area contributed by atoms with E-state index >= 15 is 0 Å². The molecule has 0 bridgehead atoms. The molecule has 2 heteroatoms. The first-order chi connectivity index (χ1) is 7.10. The summed E-state index contributed by atoms with van der Waals surface area (Å²) >= 11 is 0. The van der Waals surface area contributed by atoms with E-state index in [9.17, 15) is 4.79 Å². The van der Waals surface area contributed by atoms with Crippen LogP contribution in [-0.2, 0) is 9.53 Å². The van der Waals surface area contributed by atoms with Crippen molar-refractivity contribution in [3.8, 4) is 0 Å². The Balaban J connectivity index is 3.87. The first-order valence-corrected chi connectivity index (χ1v) is 5.60. The second kappa shape index (κ2) is 8.27. The Labute approximate surface area is 93.0 Å². The highest BCUT2D eigenvalue weighted by molar-refractivity contribution is 5.68. The fraction of sp³-hybridized carbons (Fsp3) is 0.615. The van der Waals surface area contributed by atoms with Gasteiger partial charge < -0.3 is 4.74 Å². The van der Waals surface area contributed by atoms with Crippen LogP contribution in [0.2, 0.25) is 0 Å². The van der Waals surface area contributed by atoms with Gasteiger partial charge in [0.05, 0.1) is 6.61 Å². The Morgan fingerprint density at radius 3 is 2.60 bits per heavy atom. The summed E-state index contributed by atoms with van der Waals surface area (Å²) in [7, 11) is 0. The van der Waals surface area contributed by atoms with Crippen molar-refractivity contribution in [2.45, 2.75) is 40.5 Å². The quantitative estimate of drug-likeness (QED) is 0.495. The summed E-state index contributed by atoms with van der Waals surface area (Å²) in [5, 5.41) is 0. The van der Waals surface area contributed by atoms with Gasteiger partial charge in [-0.3, -0.25) is 4.79 Å². The van der Waals surface area contributed by atoms with E-state index < -0.39 is 0 Å². The molecule has 0 saturated carbocycles. The standard InChI is InChI=1S/C13H22O2/c1-5-7-11(3)8-9-12(4)10-15-13(14)6-2/h7-9,12H,5-6,10H2,1-4H3/b9-8+,11-7+. The molecule has 0 saturated heterocycles. The van der Waals surface area contributed by atoms with Gasteiger partial charge in [0.15, 0.2) is 0 Å². The third-order valence-electron chi connectivity index (χ3n) is 2.01. The third kappa shape index (κ3) is 7.98. The minimum Gasteiger partial charge on any atom is -0.465 e. The highest BCUT2D eigenvalue weighted by atomic mass is 16.5. The van der Waals surface area contributed by atoms with Gasteiger partial charge in [0.25, 0.3) is 0 Å². The van der Waals surface area contributed by atoms with Crippen molar-refractivity contribution in [2.24, 2.45) is 5.92 Å². The summed E-state index contributed by atoms with van der Waals surface area (Å²) in [6, 6.07) is 0. The molecule has 0 aromatic rings. The summed E-state index contributed by atoms with van der Waals surface area (Å²) in [4.78, 5) is 10.9. The zero-order valence-electron chi connectivity index (χ0n) is 10.2. The minimum atomic E-state index is -0.129. The minimum absolute atomic E-state index is 0.129. The summed E-state index contributed by atoms with van der Waals surface area (Å²) in [6.45, 7) is 8.51. The number of esters is 1. The Kier molecular flexibility index (Phi) is 7.69. The van der Waals surface area contributed by atoms with Gasteiger partial charge in [-0.1, -0.05) is 44.6 Å². The zero-order chi connectivity index (χ0) is 11.7. The van der Waals surface area contributed by atoms with Gasteiger partial charge in [-0.2, -0.15) is 0 Å². The first kappa shape index (κ1) is 13.9. The lowest BCUT2D eigenvalue weighted by Crippen LogP contribution is -2.09. The van der Waals surface area contributed by atoms with Gasteiger partial charge in [0.2, 0.25) is 0 Å². The van der Waals surface area contributed by atoms with Crippen LogP contribution >= 0.6 is 0 Å². The van der Waals surface area contributed by atoms with Crippen LogP contribution < -0.4 is 0 Å². The maximum absolute atomic E-state index is 10.9. The summed E-state index contributed by atoms with van der Waals surface area (Å²) in [5.74, 6) is 0.150. The summed E-state index contributed by atoms with van der Waals surface area (Å²) < 4.78 is 5.04. The van der Waals surface area contributed by atoms with E-state index in [2.05, 4.69) is 32.1 Å². The number of ether oxygens (including phenoxy) is 1. The van der Waals surface area contributed by atoms with Crippen molar-refractivity contribution < 1.29 is 9.53 Å². The number of rotatable bonds is 6. The van der Waals surface area contributed by atoms with E-state index in [1.807, 2.05) is 6.92 Å². The molecule has 0 spiro atoms. The average molecular weight is 210 g/mol. The highest BCUT2D eigenvalue weighted by Gasteiger charge is 2.01. The van der Waals surface area contributed by atoms with Crippen LogP contribution in [0, 0.1) is 5.92 Å². The van der Waals surface area contributed by atoms with Crippen LogP contribution in [0.5, 0.6) is 0 Å². The fourth-order valence-corrected chi connectivity index (χ4v) is 1.09. The van der Waals surface area contributed by atoms with Crippen LogP contribution in [-0.4, -0.2) is 12.6 Å². The van der Waals surface area contributed by atoms with E-state index in [1.165, 1.54) is 5.57 Å². The third-order valence-corrected chi connectivity index (χ3v) is 2.01. The predicted octanol–water partition coefficient (Wildman–Crippen LogP) is 3.49. The number of allylic oxidation sites excluding steroid dienone is 3. The van der Waals surface area contributed by atoms with Crippen molar-refractivity contribution in [3.63, 3.8) is 0 Å². The lowest BCUT2D eigenvalue weighted by Gasteiger charge is -2.06. The van der Waals surface area contributed by atoms with E-state index in [0.717, 1.165) is 6.42 Å². The molecule has 15 heavy (non-hydrogen) atoms. The second-order valence-corrected chi connectivity index (χ2v) is 3.73. The number of carbonyl (C=O) groups is 1. The smallest absolute Gasteiger partial charge is 0.305 e. The molecule has 0 fully saturated rings. The van der Waals surface area contributed by atoms with Crippen molar-refractivity contribution in [2.75, 3.05) is 6.61 Å². The van der Waals surface area contributed by atoms with Gasteiger partial charge in [-0.15, -0.1) is 0 Å². The monoisotopic (exact) mass is 210 g/mol. The lowest BCUT2D eigenvalue weighted by molar-refractivity contribution is -0.144. The molecular formula is C13H22O2. The summed E-state index contributed by atoms with van der Waals surface area (Å²) in [6.07, 6.45) is 7.82. The molecule has 0 aliphatic rings. The van der Waals surface area contributed by atoms with Crippen LogP contribution in [0.25, 0.3) is 0 Å². The van der Waals surface area contributed by atoms with Crippen molar-refractivity contribution in [1.82, 2.24) is 0 Å². The van der Waals surface area contributed by atoms with Crippen LogP contribution in [0.4, 0.5) is 0 Å². The molecule has 0 radical (unpaired) electrons. The Bertz CT molecular complexity index is 239. The molecule has 1 atom stereocenters. The van der Waals surface area contributed by atoms with Crippen molar-refractivity contribution in [1.29, 1.82) is 0 Å². The number of hydrogen-bond donors (Lipinski definition) is 0. The van der Waals surface area contributed by atoms with E-state index in [0.29, 0.717) is 13.0 Å². The normalized spacial score (nSPS) is 14.3. The van der Waals surface area contributed by atoms with Crippen LogP contribution in [0.15, 0.2) is 23.8 Å². The molecule has 2 nitrogen and oxygen atoms in total. The van der Waals surface area contributed by atoms with Gasteiger partial charge in [0.1, 0.15) is 0 Å². The lowest BCUT2D eigenvalue weighted by atomic mass is 10.1. The number of hydrogen-bond acceptors (Lipinski definition) is 2. The maximum atomic E-state index is 10.9. The molecule has 0 N–H and O–H groups in total. The summed E-state index contributed by atoms with van der Waals surface area (Å²) in [5.41, 5.74) is 1.26. The fourth-order valence-electron chi connectivity index (χ4n) is 1.09. The largest absolute Gasteiger partial charge is 0.465 e. The van der Waals surface area contributed by atoms with E-state index in [1.54, 1.807) is 6.92 Å². The van der Waals surface area contributed by atoms with Gasteiger partial charge >= 0.3 is 5.97 Å². The Morgan fingerprint density at radius 1 is 1.40 bits per heavy atom. The Hall–Kier alpha value is -1.05. The molecule has 0 amide bonds. The van der Waals surface area contributed by atoms with Crippen LogP contribution in [0.1, 0.15) is 40.5 Å². The molecule has 0 aromatic heterocycles. The van der Waals surface area contributed by atoms with Crippen molar-refractivity contribution >= 4 is 5.97 Å². The topological polar surface area (TPSA) is 26.3 Å². The van der Waals surface area contributed by atoms with Gasteiger partial charge in [0, 0.05) is 12.3 Å². The predicted molar refractivity (Wildman–Crippen MR) is 63.6 cm³/mol. The van der Waals surface area contributed by atoms with Gasteiger partial charge in [-0.05, 0) is 13.3 Å². The number of carbonyl (C=O) groups excluding carboxylic acids is 1. The Morgan fingerprint density at radius 2 is 2.07 bits per heavy atom. The highest BCUT2D eigenvalue weighted by Crippen LogP contribution is 2.04. The molecule has 1 unspecified atom stereocenters. The van der Waals surface area contributed by atoms with Crippen molar-refractivity contribution in [3.05, 3.63) is 23.8 Å². The molecule has 0 rings (SSSR count). The molecule has 0 aliphatic carbocycles. The second-order valence-electron chi connectivity index (χ2n) is 3.73. The average Bonchev–Trinajstić information content (AvgIpc) is 2.23. The van der Waals surface area contributed by atoms with E-state index in [-0.39, 0.29) is 11.9 Å².